The van der Waals surface area contributed by atoms with Crippen molar-refractivity contribution in [3.05, 3.63) is 78.4 Å². The van der Waals surface area contributed by atoms with Crippen LogP contribution >= 0.6 is 0 Å². The molecule has 20 heavy (non-hydrogen) atoms. The minimum absolute atomic E-state index is 0.0409. The highest BCUT2D eigenvalue weighted by Gasteiger charge is 2.01. The molecule has 0 aliphatic rings. The van der Waals surface area contributed by atoms with Crippen molar-refractivity contribution in [1.29, 1.82) is 0 Å². The Bertz CT molecular complexity index is 612. The molecule has 0 heterocycles. The average molecular weight is 266 g/mol. The molecule has 2 heteroatoms. The maximum atomic E-state index is 9.05. The molecule has 102 valence electrons. The number of benzene rings is 2. The van der Waals surface area contributed by atoms with E-state index in [0.29, 0.717) is 0 Å². The van der Waals surface area contributed by atoms with E-state index in [1.807, 2.05) is 67.6 Å². The molecule has 0 atom stereocenters. The molecular weight excluding hydrogens is 248 g/mol. The van der Waals surface area contributed by atoms with E-state index in [0.717, 1.165) is 28.2 Å². The molecule has 2 rings (SSSR count). The van der Waals surface area contributed by atoms with E-state index < -0.39 is 0 Å². The van der Waals surface area contributed by atoms with Gasteiger partial charge in [-0.1, -0.05) is 43.0 Å². The molecule has 0 aliphatic carbocycles. The number of aliphatic hydroxyl groups is 1. The highest BCUT2D eigenvalue weighted by Crippen LogP contribution is 2.25. The highest BCUT2D eigenvalue weighted by atomic mass is 16.5. The summed E-state index contributed by atoms with van der Waals surface area (Å²) in [6.45, 7) is 5.93. The summed E-state index contributed by atoms with van der Waals surface area (Å²) < 4.78 is 5.79. The monoisotopic (exact) mass is 266 g/mol. The number of aliphatic hydroxyl groups excluding tert-OH is 1. The van der Waals surface area contributed by atoms with Crippen LogP contribution in [0.4, 0.5) is 0 Å². The molecule has 2 aromatic rings. The van der Waals surface area contributed by atoms with Gasteiger partial charge in [0.1, 0.15) is 11.5 Å². The standard InChI is InChI=1S/C18H18O2/c1-14(13-19)11-15(2)16-7-6-10-18(12-16)20-17-8-4-3-5-9-17/h3-12,19H,2,13H2,1H3. The van der Waals surface area contributed by atoms with Crippen LogP contribution in [0, 0.1) is 0 Å². The summed E-state index contributed by atoms with van der Waals surface area (Å²) in [6, 6.07) is 17.4. The number of allylic oxidation sites excluding steroid dienone is 2. The fraction of sp³-hybridized carbons (Fsp3) is 0.111. The van der Waals surface area contributed by atoms with Crippen LogP contribution in [0.25, 0.3) is 5.57 Å². The van der Waals surface area contributed by atoms with Crippen molar-refractivity contribution in [3.8, 4) is 11.5 Å². The molecule has 0 spiro atoms. The fourth-order valence-corrected chi connectivity index (χ4v) is 1.81. The molecule has 0 bridgehead atoms. The molecule has 1 N–H and O–H groups in total. The number of hydrogen-bond donors (Lipinski definition) is 1. The van der Waals surface area contributed by atoms with Gasteiger partial charge in [0.2, 0.25) is 0 Å². The van der Waals surface area contributed by atoms with Crippen LogP contribution in [0.1, 0.15) is 12.5 Å². The lowest BCUT2D eigenvalue weighted by atomic mass is 10.1. The van der Waals surface area contributed by atoms with E-state index in [1.165, 1.54) is 0 Å². The van der Waals surface area contributed by atoms with Crippen molar-refractivity contribution in [1.82, 2.24) is 0 Å². The van der Waals surface area contributed by atoms with E-state index in [-0.39, 0.29) is 6.61 Å². The van der Waals surface area contributed by atoms with E-state index >= 15 is 0 Å². The van der Waals surface area contributed by atoms with Gasteiger partial charge in [-0.3, -0.25) is 0 Å². The van der Waals surface area contributed by atoms with Gasteiger partial charge in [0.05, 0.1) is 6.61 Å². The van der Waals surface area contributed by atoms with Crippen molar-refractivity contribution >= 4 is 5.57 Å². The Balaban J connectivity index is 2.18. The second kappa shape index (κ2) is 6.73. The molecule has 2 nitrogen and oxygen atoms in total. The third kappa shape index (κ3) is 3.84. The summed E-state index contributed by atoms with van der Waals surface area (Å²) >= 11 is 0. The van der Waals surface area contributed by atoms with Crippen LogP contribution in [0.15, 0.2) is 72.8 Å². The van der Waals surface area contributed by atoms with Crippen LogP contribution in [0.5, 0.6) is 11.5 Å². The van der Waals surface area contributed by atoms with Crippen LogP contribution in [-0.2, 0) is 0 Å². The Kier molecular flexibility index (Phi) is 4.75. The quantitative estimate of drug-likeness (QED) is 0.811. The Morgan fingerprint density at radius 2 is 1.80 bits per heavy atom. The van der Waals surface area contributed by atoms with Crippen molar-refractivity contribution < 1.29 is 9.84 Å². The first kappa shape index (κ1) is 14.1. The van der Waals surface area contributed by atoms with Gasteiger partial charge in [-0.05, 0) is 47.9 Å². The zero-order valence-corrected chi connectivity index (χ0v) is 11.5. The Labute approximate surface area is 119 Å². The van der Waals surface area contributed by atoms with Gasteiger partial charge in [-0.15, -0.1) is 0 Å². The third-order valence-electron chi connectivity index (χ3n) is 2.85. The molecule has 0 radical (unpaired) electrons. The Morgan fingerprint density at radius 3 is 2.50 bits per heavy atom. The smallest absolute Gasteiger partial charge is 0.128 e. The van der Waals surface area contributed by atoms with Crippen LogP contribution in [0.3, 0.4) is 0 Å². The number of para-hydroxylation sites is 1. The number of hydrogen-bond acceptors (Lipinski definition) is 2. The van der Waals surface area contributed by atoms with Gasteiger partial charge in [0.25, 0.3) is 0 Å². The van der Waals surface area contributed by atoms with E-state index in [1.54, 1.807) is 0 Å². The van der Waals surface area contributed by atoms with Gasteiger partial charge < -0.3 is 9.84 Å². The second-order valence-electron chi connectivity index (χ2n) is 4.62. The van der Waals surface area contributed by atoms with E-state index in [9.17, 15) is 0 Å². The summed E-state index contributed by atoms with van der Waals surface area (Å²) in [5.74, 6) is 1.57. The zero-order chi connectivity index (χ0) is 14.4. The van der Waals surface area contributed by atoms with Gasteiger partial charge in [-0.25, -0.2) is 0 Å². The number of rotatable bonds is 5. The fourth-order valence-electron chi connectivity index (χ4n) is 1.81. The van der Waals surface area contributed by atoms with Crippen molar-refractivity contribution in [2.45, 2.75) is 6.92 Å². The summed E-state index contributed by atoms with van der Waals surface area (Å²) in [5, 5.41) is 9.05. The minimum atomic E-state index is 0.0409. The largest absolute Gasteiger partial charge is 0.457 e. The summed E-state index contributed by atoms with van der Waals surface area (Å²) in [5.41, 5.74) is 2.71. The van der Waals surface area contributed by atoms with Crippen molar-refractivity contribution in [2.24, 2.45) is 0 Å². The van der Waals surface area contributed by atoms with Crippen LogP contribution < -0.4 is 4.74 Å². The Morgan fingerprint density at radius 1 is 1.10 bits per heavy atom. The van der Waals surface area contributed by atoms with Gasteiger partial charge in [-0.2, -0.15) is 0 Å². The number of ether oxygens (including phenoxy) is 1. The molecule has 0 saturated carbocycles. The maximum Gasteiger partial charge on any atom is 0.128 e. The normalized spacial score (nSPS) is 11.2. The average Bonchev–Trinajstić information content (AvgIpc) is 2.48. The lowest BCUT2D eigenvalue weighted by molar-refractivity contribution is 0.331. The van der Waals surface area contributed by atoms with Gasteiger partial charge in [0.15, 0.2) is 0 Å². The molecule has 0 amide bonds. The molecule has 0 aliphatic heterocycles. The molecule has 0 aromatic heterocycles. The summed E-state index contributed by atoms with van der Waals surface area (Å²) in [6.07, 6.45) is 1.88. The van der Waals surface area contributed by atoms with Crippen LogP contribution in [0.2, 0.25) is 0 Å². The van der Waals surface area contributed by atoms with Gasteiger partial charge >= 0.3 is 0 Å². The van der Waals surface area contributed by atoms with Crippen molar-refractivity contribution in [3.63, 3.8) is 0 Å². The zero-order valence-electron chi connectivity index (χ0n) is 11.5. The van der Waals surface area contributed by atoms with E-state index in [4.69, 9.17) is 9.84 Å². The first-order valence-corrected chi connectivity index (χ1v) is 6.49. The lowest BCUT2D eigenvalue weighted by Gasteiger charge is -2.08. The molecule has 0 unspecified atom stereocenters. The summed E-state index contributed by atoms with van der Waals surface area (Å²) in [7, 11) is 0. The SMILES string of the molecule is C=C(C=C(C)CO)c1cccc(Oc2ccccc2)c1. The lowest BCUT2D eigenvalue weighted by Crippen LogP contribution is -1.88. The first-order chi connectivity index (χ1) is 9.69. The molecule has 2 aromatic carbocycles. The minimum Gasteiger partial charge on any atom is -0.457 e. The summed E-state index contributed by atoms with van der Waals surface area (Å²) in [4.78, 5) is 0. The van der Waals surface area contributed by atoms with E-state index in [2.05, 4.69) is 6.58 Å². The molecular formula is C18H18O2. The Hall–Kier alpha value is -2.32. The third-order valence-corrected chi connectivity index (χ3v) is 2.85. The molecule has 0 saturated heterocycles. The maximum absolute atomic E-state index is 9.05. The first-order valence-electron chi connectivity index (χ1n) is 6.49. The van der Waals surface area contributed by atoms with Gasteiger partial charge in [0, 0.05) is 0 Å². The predicted octanol–water partition coefficient (Wildman–Crippen LogP) is 4.43. The second-order valence-corrected chi connectivity index (χ2v) is 4.62. The topological polar surface area (TPSA) is 29.5 Å². The predicted molar refractivity (Wildman–Crippen MR) is 82.8 cm³/mol. The highest BCUT2D eigenvalue weighted by molar-refractivity contribution is 5.73. The van der Waals surface area contributed by atoms with Crippen molar-refractivity contribution in [2.75, 3.05) is 6.61 Å². The molecule has 0 fully saturated rings. The van der Waals surface area contributed by atoms with Crippen LogP contribution in [-0.4, -0.2) is 11.7 Å².